The van der Waals surface area contributed by atoms with Gasteiger partial charge in [0.25, 0.3) is 0 Å². The van der Waals surface area contributed by atoms with Gasteiger partial charge in [-0.2, -0.15) is 0 Å². The average molecular weight is 299 g/mol. The quantitative estimate of drug-likeness (QED) is 0.744. The summed E-state index contributed by atoms with van der Waals surface area (Å²) in [6.45, 7) is 6.42. The fourth-order valence-corrected chi connectivity index (χ4v) is 3.05. The minimum Gasteiger partial charge on any atom is -0.375 e. The predicted molar refractivity (Wildman–Crippen MR) is 92.5 cm³/mol. The third-order valence-electron chi connectivity index (χ3n) is 3.60. The Labute approximate surface area is 130 Å². The molecule has 0 atom stereocenters. The highest BCUT2D eigenvalue weighted by atomic mass is 35.5. The number of hydrogen-bond donors (Lipinski definition) is 2. The molecule has 1 heterocycles. The van der Waals surface area contributed by atoms with Crippen molar-refractivity contribution in [2.75, 3.05) is 10.6 Å². The van der Waals surface area contributed by atoms with Gasteiger partial charge in [-0.3, -0.25) is 0 Å². The van der Waals surface area contributed by atoms with Crippen molar-refractivity contribution in [3.63, 3.8) is 0 Å². The second-order valence-corrected chi connectivity index (χ2v) is 6.45. The number of rotatable bonds is 2. The fraction of sp³-hybridized carbons (Fsp3) is 0.222. The first kappa shape index (κ1) is 14.0. The number of hydrogen-bond acceptors (Lipinski definition) is 2. The van der Waals surface area contributed by atoms with Crippen molar-refractivity contribution in [1.82, 2.24) is 0 Å². The third kappa shape index (κ3) is 2.91. The molecule has 21 heavy (non-hydrogen) atoms. The zero-order valence-electron chi connectivity index (χ0n) is 12.5. The van der Waals surface area contributed by atoms with Crippen molar-refractivity contribution < 1.29 is 0 Å². The number of nitrogens with one attached hydrogen (secondary N) is 2. The SMILES string of the molecule is CC1=CC(C)(C)Nc2c(Cl)cc(Nc3ccccc3)cc21. The van der Waals surface area contributed by atoms with Gasteiger partial charge in [-0.05, 0) is 50.6 Å². The van der Waals surface area contributed by atoms with E-state index in [1.807, 2.05) is 36.4 Å². The van der Waals surface area contributed by atoms with Crippen molar-refractivity contribution in [2.45, 2.75) is 26.3 Å². The van der Waals surface area contributed by atoms with Gasteiger partial charge >= 0.3 is 0 Å². The van der Waals surface area contributed by atoms with Gasteiger partial charge in [-0.15, -0.1) is 0 Å². The van der Waals surface area contributed by atoms with Gasteiger partial charge in [-0.1, -0.05) is 35.9 Å². The lowest BCUT2D eigenvalue weighted by atomic mass is 9.91. The topological polar surface area (TPSA) is 24.1 Å². The van der Waals surface area contributed by atoms with Crippen LogP contribution in [0.2, 0.25) is 5.02 Å². The molecule has 3 rings (SSSR count). The minimum absolute atomic E-state index is 0.0743. The maximum absolute atomic E-state index is 6.48. The van der Waals surface area contributed by atoms with Crippen molar-refractivity contribution in [2.24, 2.45) is 0 Å². The Bertz CT molecular complexity index is 703. The van der Waals surface area contributed by atoms with Crippen molar-refractivity contribution >= 4 is 34.2 Å². The number of benzene rings is 2. The lowest BCUT2D eigenvalue weighted by molar-refractivity contribution is 0.707. The second kappa shape index (κ2) is 5.12. The van der Waals surface area contributed by atoms with Crippen LogP contribution in [0.3, 0.4) is 0 Å². The molecule has 2 aromatic carbocycles. The lowest BCUT2D eigenvalue weighted by Gasteiger charge is -2.32. The number of halogens is 1. The first-order chi connectivity index (χ1) is 9.94. The highest BCUT2D eigenvalue weighted by Crippen LogP contribution is 2.40. The molecule has 2 nitrogen and oxygen atoms in total. The molecule has 0 saturated carbocycles. The van der Waals surface area contributed by atoms with Crippen molar-refractivity contribution in [1.29, 1.82) is 0 Å². The molecule has 1 aliphatic rings. The lowest BCUT2D eigenvalue weighted by Crippen LogP contribution is -2.31. The van der Waals surface area contributed by atoms with Crippen LogP contribution in [0, 0.1) is 0 Å². The molecule has 0 radical (unpaired) electrons. The van der Waals surface area contributed by atoms with Crippen molar-refractivity contribution in [3.05, 3.63) is 59.1 Å². The molecule has 0 saturated heterocycles. The average Bonchev–Trinajstić information content (AvgIpc) is 2.41. The molecular formula is C18H19ClN2. The predicted octanol–water partition coefficient (Wildman–Crippen LogP) is 5.69. The van der Waals surface area contributed by atoms with E-state index in [1.165, 1.54) is 5.57 Å². The fourth-order valence-electron chi connectivity index (χ4n) is 2.78. The van der Waals surface area contributed by atoms with E-state index < -0.39 is 0 Å². The number of fused-ring (bicyclic) bond motifs is 1. The summed E-state index contributed by atoms with van der Waals surface area (Å²) in [4.78, 5) is 0. The van der Waals surface area contributed by atoms with Crippen LogP contribution < -0.4 is 10.6 Å². The maximum Gasteiger partial charge on any atom is 0.0664 e. The first-order valence-corrected chi connectivity index (χ1v) is 7.46. The zero-order valence-corrected chi connectivity index (χ0v) is 13.3. The summed E-state index contributed by atoms with van der Waals surface area (Å²) >= 11 is 6.48. The summed E-state index contributed by atoms with van der Waals surface area (Å²) in [5, 5.41) is 7.63. The molecule has 2 N–H and O–H groups in total. The highest BCUT2D eigenvalue weighted by molar-refractivity contribution is 6.34. The van der Waals surface area contributed by atoms with Crippen LogP contribution in [-0.2, 0) is 0 Å². The molecule has 1 aliphatic heterocycles. The summed E-state index contributed by atoms with van der Waals surface area (Å²) in [6, 6.07) is 14.2. The Hall–Kier alpha value is -1.93. The van der Waals surface area contributed by atoms with E-state index in [9.17, 15) is 0 Å². The van der Waals surface area contributed by atoms with Gasteiger partial charge in [0.15, 0.2) is 0 Å². The van der Waals surface area contributed by atoms with E-state index in [2.05, 4.69) is 43.5 Å². The Morgan fingerprint density at radius 3 is 2.48 bits per heavy atom. The van der Waals surface area contributed by atoms with Crippen LogP contribution in [0.5, 0.6) is 0 Å². The summed E-state index contributed by atoms with van der Waals surface area (Å²) in [5.74, 6) is 0. The Kier molecular flexibility index (Phi) is 3.42. The van der Waals surface area contributed by atoms with Gasteiger partial charge in [0.1, 0.15) is 0 Å². The number of allylic oxidation sites excluding steroid dienone is 1. The summed E-state index contributed by atoms with van der Waals surface area (Å²) in [7, 11) is 0. The summed E-state index contributed by atoms with van der Waals surface area (Å²) < 4.78 is 0. The van der Waals surface area contributed by atoms with E-state index in [-0.39, 0.29) is 5.54 Å². The van der Waals surface area contributed by atoms with Crippen molar-refractivity contribution in [3.8, 4) is 0 Å². The Morgan fingerprint density at radius 2 is 1.76 bits per heavy atom. The van der Waals surface area contributed by atoms with Crippen LogP contribution in [-0.4, -0.2) is 5.54 Å². The van der Waals surface area contributed by atoms with E-state index in [0.717, 1.165) is 27.6 Å². The molecule has 0 amide bonds. The Morgan fingerprint density at radius 1 is 1.05 bits per heavy atom. The van der Waals surface area contributed by atoms with E-state index >= 15 is 0 Å². The molecule has 0 spiro atoms. The van der Waals surface area contributed by atoms with Crippen LogP contribution >= 0.6 is 11.6 Å². The molecule has 0 bridgehead atoms. The Balaban J connectivity index is 2.00. The second-order valence-electron chi connectivity index (χ2n) is 6.05. The van der Waals surface area contributed by atoms with Crippen LogP contribution in [0.25, 0.3) is 5.57 Å². The van der Waals surface area contributed by atoms with Gasteiger partial charge < -0.3 is 10.6 Å². The largest absolute Gasteiger partial charge is 0.375 e. The zero-order chi connectivity index (χ0) is 15.0. The smallest absolute Gasteiger partial charge is 0.0664 e. The van der Waals surface area contributed by atoms with Crippen LogP contribution in [0.1, 0.15) is 26.3 Å². The van der Waals surface area contributed by atoms with Crippen LogP contribution in [0.4, 0.5) is 17.1 Å². The molecule has 0 aromatic heterocycles. The molecule has 0 unspecified atom stereocenters. The van der Waals surface area contributed by atoms with E-state index in [0.29, 0.717) is 0 Å². The molecule has 0 aliphatic carbocycles. The summed E-state index contributed by atoms with van der Waals surface area (Å²) in [6.07, 6.45) is 2.23. The molecule has 108 valence electrons. The van der Waals surface area contributed by atoms with Crippen LogP contribution in [0.15, 0.2) is 48.5 Å². The standard InChI is InChI=1S/C18H19ClN2/c1-12-11-18(2,3)21-17-15(12)9-14(10-16(17)19)20-13-7-5-4-6-8-13/h4-11,20-21H,1-3H3. The normalized spacial score (nSPS) is 15.7. The van der Waals surface area contributed by atoms with Gasteiger partial charge in [-0.25, -0.2) is 0 Å². The van der Waals surface area contributed by atoms with Gasteiger partial charge in [0.05, 0.1) is 16.2 Å². The molecule has 2 aromatic rings. The number of para-hydroxylation sites is 1. The molecule has 3 heteroatoms. The summed E-state index contributed by atoms with van der Waals surface area (Å²) in [5.41, 5.74) is 5.39. The maximum atomic E-state index is 6.48. The first-order valence-electron chi connectivity index (χ1n) is 7.08. The minimum atomic E-state index is -0.0743. The molecular weight excluding hydrogens is 280 g/mol. The number of anilines is 3. The highest BCUT2D eigenvalue weighted by Gasteiger charge is 2.24. The van der Waals surface area contributed by atoms with Gasteiger partial charge in [0, 0.05) is 16.9 Å². The van der Waals surface area contributed by atoms with Gasteiger partial charge in [0.2, 0.25) is 0 Å². The third-order valence-corrected chi connectivity index (χ3v) is 3.90. The molecule has 0 fully saturated rings. The van der Waals surface area contributed by atoms with E-state index in [4.69, 9.17) is 11.6 Å². The monoisotopic (exact) mass is 298 g/mol. The van der Waals surface area contributed by atoms with E-state index in [1.54, 1.807) is 0 Å².